The zero-order valence-corrected chi connectivity index (χ0v) is 20.7. The van der Waals surface area contributed by atoms with E-state index in [1.54, 1.807) is 12.1 Å². The highest BCUT2D eigenvalue weighted by molar-refractivity contribution is 6.33. The average molecular weight is 493 g/mol. The van der Waals surface area contributed by atoms with Crippen LogP contribution in [-0.4, -0.2) is 80.2 Å². The predicted octanol–water partition coefficient (Wildman–Crippen LogP) is 1.62. The van der Waals surface area contributed by atoms with Crippen LogP contribution < -0.4 is 26.5 Å². The first kappa shape index (κ1) is 25.0. The molecule has 1 atom stereocenters. The molecular formula is C24H37ClN6O3. The van der Waals surface area contributed by atoms with E-state index in [1.807, 2.05) is 0 Å². The first-order valence-corrected chi connectivity index (χ1v) is 12.8. The van der Waals surface area contributed by atoms with E-state index in [4.69, 9.17) is 22.1 Å². The number of carbonyl (C=O) groups is 2. The van der Waals surface area contributed by atoms with Gasteiger partial charge in [0, 0.05) is 38.3 Å². The van der Waals surface area contributed by atoms with Crippen LogP contribution in [-0.2, 0) is 4.79 Å². The third kappa shape index (κ3) is 5.94. The Balaban J connectivity index is 1.37. The summed E-state index contributed by atoms with van der Waals surface area (Å²) in [6.45, 7) is 5.31. The van der Waals surface area contributed by atoms with Gasteiger partial charge in [-0.15, -0.1) is 0 Å². The summed E-state index contributed by atoms with van der Waals surface area (Å²) < 4.78 is 5.33. The van der Waals surface area contributed by atoms with Gasteiger partial charge in [-0.05, 0) is 63.6 Å². The van der Waals surface area contributed by atoms with Crippen LogP contribution in [0.4, 0.5) is 5.69 Å². The lowest BCUT2D eigenvalue weighted by Gasteiger charge is -2.42. The Hall–Kier alpha value is -2.07. The van der Waals surface area contributed by atoms with Crippen molar-refractivity contribution in [1.29, 1.82) is 0 Å². The van der Waals surface area contributed by atoms with Crippen LogP contribution in [0.15, 0.2) is 12.1 Å². The zero-order valence-electron chi connectivity index (χ0n) is 19.9. The molecule has 0 bridgehead atoms. The van der Waals surface area contributed by atoms with Gasteiger partial charge in [-0.1, -0.05) is 11.6 Å². The molecule has 0 radical (unpaired) electrons. The Kier molecular flexibility index (Phi) is 8.52. The third-order valence-corrected chi connectivity index (χ3v) is 7.62. The zero-order chi connectivity index (χ0) is 24.1. The standard InChI is InChI=1S/C24H37ClN6O3/c1-34-21-15-20(26)19(25)14-18(21)23(32)28-17-6-12-30(13-7-17)22(16-4-8-27-9-5-16)24(33)29-31-10-2-3-11-31/h14-17,22,27H,2-13,26H2,1H3,(H,28,32)(H,29,33). The van der Waals surface area contributed by atoms with E-state index in [0.717, 1.165) is 77.8 Å². The maximum Gasteiger partial charge on any atom is 0.255 e. The third-order valence-electron chi connectivity index (χ3n) is 7.29. The van der Waals surface area contributed by atoms with E-state index in [1.165, 1.54) is 7.11 Å². The van der Waals surface area contributed by atoms with Crippen LogP contribution in [0.3, 0.4) is 0 Å². The average Bonchev–Trinajstić information content (AvgIpc) is 3.35. The van der Waals surface area contributed by atoms with Crippen LogP contribution >= 0.6 is 11.6 Å². The summed E-state index contributed by atoms with van der Waals surface area (Å²) in [5, 5.41) is 8.92. The number of halogens is 1. The number of ether oxygens (including phenoxy) is 1. The highest BCUT2D eigenvalue weighted by Gasteiger charge is 2.37. The minimum absolute atomic E-state index is 0.0279. The summed E-state index contributed by atoms with van der Waals surface area (Å²) in [5.74, 6) is 0.647. The predicted molar refractivity (Wildman–Crippen MR) is 133 cm³/mol. The lowest BCUT2D eigenvalue weighted by molar-refractivity contribution is -0.134. The minimum Gasteiger partial charge on any atom is -0.496 e. The topological polar surface area (TPSA) is 112 Å². The Morgan fingerprint density at radius 3 is 2.44 bits per heavy atom. The summed E-state index contributed by atoms with van der Waals surface area (Å²) >= 11 is 6.13. The molecule has 188 valence electrons. The van der Waals surface area contributed by atoms with Crippen molar-refractivity contribution >= 4 is 29.1 Å². The van der Waals surface area contributed by atoms with Crippen molar-refractivity contribution in [2.24, 2.45) is 5.92 Å². The lowest BCUT2D eigenvalue weighted by Crippen LogP contribution is -2.58. The fourth-order valence-electron chi connectivity index (χ4n) is 5.39. The quantitative estimate of drug-likeness (QED) is 0.428. The van der Waals surface area contributed by atoms with Gasteiger partial charge >= 0.3 is 0 Å². The molecule has 3 saturated heterocycles. The van der Waals surface area contributed by atoms with Crippen molar-refractivity contribution in [1.82, 2.24) is 26.0 Å². The van der Waals surface area contributed by atoms with E-state index < -0.39 is 0 Å². The van der Waals surface area contributed by atoms with Crippen LogP contribution in [0.1, 0.15) is 48.9 Å². The number of hydrogen-bond acceptors (Lipinski definition) is 7. The number of nitrogens with zero attached hydrogens (tertiary/aromatic N) is 2. The van der Waals surface area contributed by atoms with E-state index in [-0.39, 0.29) is 23.9 Å². The number of rotatable bonds is 7. The minimum atomic E-state index is -0.223. The lowest BCUT2D eigenvalue weighted by atomic mass is 9.87. The Labute approximate surface area is 206 Å². The monoisotopic (exact) mass is 492 g/mol. The molecule has 5 N–H and O–H groups in total. The molecule has 0 spiro atoms. The van der Waals surface area contributed by atoms with E-state index in [0.29, 0.717) is 27.9 Å². The largest absolute Gasteiger partial charge is 0.496 e. The van der Waals surface area contributed by atoms with Crippen LogP contribution in [0.25, 0.3) is 0 Å². The molecule has 0 aliphatic carbocycles. The highest BCUT2D eigenvalue weighted by Crippen LogP contribution is 2.29. The number of anilines is 1. The number of hydrazine groups is 1. The van der Waals surface area contributed by atoms with Gasteiger partial charge in [0.2, 0.25) is 0 Å². The number of nitrogen functional groups attached to an aromatic ring is 1. The number of amides is 2. The van der Waals surface area contributed by atoms with Gasteiger partial charge in [-0.2, -0.15) is 0 Å². The van der Waals surface area contributed by atoms with Gasteiger partial charge in [-0.3, -0.25) is 19.9 Å². The Morgan fingerprint density at radius 1 is 1.12 bits per heavy atom. The van der Waals surface area contributed by atoms with Gasteiger partial charge in [0.1, 0.15) is 5.75 Å². The molecule has 3 aliphatic heterocycles. The van der Waals surface area contributed by atoms with Crippen molar-refractivity contribution in [3.63, 3.8) is 0 Å². The van der Waals surface area contributed by atoms with Crippen molar-refractivity contribution in [3.8, 4) is 5.75 Å². The number of nitrogens with one attached hydrogen (secondary N) is 3. The second-order valence-corrected chi connectivity index (χ2v) is 9.97. The van der Waals surface area contributed by atoms with Gasteiger partial charge < -0.3 is 21.1 Å². The van der Waals surface area contributed by atoms with E-state index >= 15 is 0 Å². The molecule has 10 heteroatoms. The van der Waals surface area contributed by atoms with Gasteiger partial charge in [-0.25, -0.2) is 5.01 Å². The molecule has 4 rings (SSSR count). The number of nitrogens with two attached hydrogens (primary N) is 1. The van der Waals surface area contributed by atoms with Crippen molar-refractivity contribution in [2.75, 3.05) is 52.1 Å². The number of likely N-dealkylation sites (tertiary alicyclic amines) is 1. The SMILES string of the molecule is COc1cc(N)c(Cl)cc1C(=O)NC1CCN(C(C(=O)NN2CCCC2)C2CCNCC2)CC1. The molecule has 3 heterocycles. The van der Waals surface area contributed by atoms with Gasteiger partial charge in [0.25, 0.3) is 11.8 Å². The van der Waals surface area contributed by atoms with Crippen molar-refractivity contribution in [3.05, 3.63) is 22.7 Å². The number of piperidine rings is 2. The molecule has 34 heavy (non-hydrogen) atoms. The van der Waals surface area contributed by atoms with Crippen molar-refractivity contribution < 1.29 is 14.3 Å². The van der Waals surface area contributed by atoms with E-state index in [2.05, 4.69) is 26.0 Å². The normalized spacial score (nSPS) is 21.8. The highest BCUT2D eigenvalue weighted by atomic mass is 35.5. The van der Waals surface area contributed by atoms with Crippen molar-refractivity contribution in [2.45, 2.75) is 50.6 Å². The van der Waals surface area contributed by atoms with Crippen LogP contribution in [0.5, 0.6) is 5.75 Å². The number of carbonyl (C=O) groups excluding carboxylic acids is 2. The summed E-state index contributed by atoms with van der Waals surface area (Å²) in [6, 6.07) is 3.02. The summed E-state index contributed by atoms with van der Waals surface area (Å²) in [5.41, 5.74) is 9.78. The molecule has 3 fully saturated rings. The second kappa shape index (κ2) is 11.6. The summed E-state index contributed by atoms with van der Waals surface area (Å²) in [6.07, 6.45) is 5.85. The van der Waals surface area contributed by atoms with Crippen LogP contribution in [0, 0.1) is 5.92 Å². The molecule has 1 aromatic rings. The number of methoxy groups -OCH3 is 1. The molecule has 2 amide bonds. The number of benzene rings is 1. The fraction of sp³-hybridized carbons (Fsp3) is 0.667. The molecule has 3 aliphatic rings. The van der Waals surface area contributed by atoms with Gasteiger partial charge in [0.15, 0.2) is 0 Å². The molecule has 0 saturated carbocycles. The smallest absolute Gasteiger partial charge is 0.255 e. The molecule has 1 unspecified atom stereocenters. The molecule has 1 aromatic carbocycles. The summed E-state index contributed by atoms with van der Waals surface area (Å²) in [7, 11) is 1.51. The maximum atomic E-state index is 13.4. The molecule has 9 nitrogen and oxygen atoms in total. The van der Waals surface area contributed by atoms with Gasteiger partial charge in [0.05, 0.1) is 29.4 Å². The van der Waals surface area contributed by atoms with E-state index in [9.17, 15) is 9.59 Å². The Bertz CT molecular complexity index is 865. The fourth-order valence-corrected chi connectivity index (χ4v) is 5.55. The first-order chi connectivity index (χ1) is 16.5. The maximum absolute atomic E-state index is 13.4. The molecular weight excluding hydrogens is 456 g/mol. The van der Waals surface area contributed by atoms with Crippen LogP contribution in [0.2, 0.25) is 5.02 Å². The first-order valence-electron chi connectivity index (χ1n) is 12.4. The number of hydrogen-bond donors (Lipinski definition) is 4. The molecule has 0 aromatic heterocycles. The second-order valence-electron chi connectivity index (χ2n) is 9.56. The summed E-state index contributed by atoms with van der Waals surface area (Å²) in [4.78, 5) is 28.6. The Morgan fingerprint density at radius 2 is 1.79 bits per heavy atom.